The molecule has 0 aliphatic rings. The summed E-state index contributed by atoms with van der Waals surface area (Å²) >= 11 is 5.83. The van der Waals surface area contributed by atoms with Crippen LogP contribution in [0.4, 0.5) is 0 Å². The van der Waals surface area contributed by atoms with E-state index in [-0.39, 0.29) is 24.3 Å². The summed E-state index contributed by atoms with van der Waals surface area (Å²) in [5.74, 6) is 1.22. The van der Waals surface area contributed by atoms with Crippen molar-refractivity contribution in [2.24, 2.45) is 0 Å². The van der Waals surface area contributed by atoms with E-state index in [9.17, 15) is 4.79 Å². The number of aromatic nitrogens is 1. The molecule has 0 aliphatic heterocycles. The molecular formula is C19H17ClN2O3. The van der Waals surface area contributed by atoms with Gasteiger partial charge in [0.15, 0.2) is 5.76 Å². The molecule has 0 spiro atoms. The quantitative estimate of drug-likeness (QED) is 0.711. The van der Waals surface area contributed by atoms with E-state index in [0.717, 1.165) is 5.56 Å². The predicted octanol–water partition coefficient (Wildman–Crippen LogP) is 4.40. The second-order valence-corrected chi connectivity index (χ2v) is 5.92. The van der Waals surface area contributed by atoms with E-state index in [0.29, 0.717) is 16.5 Å². The molecule has 1 unspecified atom stereocenters. The summed E-state index contributed by atoms with van der Waals surface area (Å²) in [4.78, 5) is 16.2. The minimum atomic E-state index is -0.276. The van der Waals surface area contributed by atoms with Crippen LogP contribution < -0.4 is 10.1 Å². The van der Waals surface area contributed by atoms with Gasteiger partial charge >= 0.3 is 0 Å². The van der Waals surface area contributed by atoms with Crippen LogP contribution in [0.25, 0.3) is 0 Å². The molecule has 1 amide bonds. The fourth-order valence-corrected chi connectivity index (χ4v) is 2.39. The lowest BCUT2D eigenvalue weighted by Crippen LogP contribution is -2.26. The number of halogens is 1. The molecule has 1 N–H and O–H groups in total. The van der Waals surface area contributed by atoms with Crippen LogP contribution in [-0.4, -0.2) is 10.9 Å². The molecular weight excluding hydrogens is 340 g/mol. The number of hydrogen-bond donors (Lipinski definition) is 1. The molecule has 25 heavy (non-hydrogen) atoms. The first-order valence-electron chi connectivity index (χ1n) is 7.79. The van der Waals surface area contributed by atoms with Gasteiger partial charge in [0.25, 0.3) is 5.91 Å². The first-order valence-corrected chi connectivity index (χ1v) is 8.17. The normalized spacial score (nSPS) is 11.8. The predicted molar refractivity (Wildman–Crippen MR) is 94.6 cm³/mol. The summed E-state index contributed by atoms with van der Waals surface area (Å²) < 4.78 is 11.2. The molecule has 5 nitrogen and oxygen atoms in total. The molecule has 1 aromatic carbocycles. The fourth-order valence-electron chi connectivity index (χ4n) is 2.27. The number of benzene rings is 1. The number of hydrogen-bond acceptors (Lipinski definition) is 4. The van der Waals surface area contributed by atoms with Gasteiger partial charge < -0.3 is 14.5 Å². The average molecular weight is 357 g/mol. The standard InChI is InChI=1S/C19H17ClN2O3/c1-13(14-8-10-21-11-9-14)22-19(23)18-7-6-17(25-18)12-24-16-4-2-15(20)3-5-16/h2-11,13H,12H2,1H3,(H,22,23). The third-order valence-corrected chi connectivity index (χ3v) is 3.89. The number of rotatable bonds is 6. The Hall–Kier alpha value is -2.79. The highest BCUT2D eigenvalue weighted by atomic mass is 35.5. The van der Waals surface area contributed by atoms with E-state index in [2.05, 4.69) is 10.3 Å². The summed E-state index contributed by atoms with van der Waals surface area (Å²) in [6.07, 6.45) is 3.38. The third kappa shape index (κ3) is 4.61. The van der Waals surface area contributed by atoms with Crippen molar-refractivity contribution < 1.29 is 13.9 Å². The molecule has 0 fully saturated rings. The summed E-state index contributed by atoms with van der Waals surface area (Å²) in [7, 11) is 0. The van der Waals surface area contributed by atoms with Crippen molar-refractivity contribution >= 4 is 17.5 Å². The summed E-state index contributed by atoms with van der Waals surface area (Å²) in [5, 5.41) is 3.54. The van der Waals surface area contributed by atoms with Gasteiger partial charge in [-0.1, -0.05) is 11.6 Å². The molecule has 0 bridgehead atoms. The Labute approximate surface area is 150 Å². The maximum absolute atomic E-state index is 12.3. The first-order chi connectivity index (χ1) is 12.1. The lowest BCUT2D eigenvalue weighted by molar-refractivity contribution is 0.0907. The van der Waals surface area contributed by atoms with Crippen LogP contribution in [0.1, 0.15) is 34.8 Å². The maximum Gasteiger partial charge on any atom is 0.287 e. The smallest absolute Gasteiger partial charge is 0.287 e. The number of carbonyl (C=O) groups excluding carboxylic acids is 1. The Morgan fingerprint density at radius 1 is 1.16 bits per heavy atom. The second-order valence-electron chi connectivity index (χ2n) is 5.48. The van der Waals surface area contributed by atoms with E-state index < -0.39 is 0 Å². The topological polar surface area (TPSA) is 64.4 Å². The van der Waals surface area contributed by atoms with Crippen LogP contribution in [0, 0.1) is 0 Å². The van der Waals surface area contributed by atoms with Gasteiger partial charge in [-0.25, -0.2) is 0 Å². The first kappa shape index (κ1) is 17.0. The monoisotopic (exact) mass is 356 g/mol. The zero-order chi connectivity index (χ0) is 17.6. The molecule has 6 heteroatoms. The Balaban J connectivity index is 1.57. The van der Waals surface area contributed by atoms with Crippen LogP contribution in [0.3, 0.4) is 0 Å². The van der Waals surface area contributed by atoms with Crippen molar-refractivity contribution in [3.05, 3.63) is 83.0 Å². The van der Waals surface area contributed by atoms with Crippen LogP contribution in [-0.2, 0) is 6.61 Å². The van der Waals surface area contributed by atoms with Gasteiger partial charge in [0.05, 0.1) is 6.04 Å². The maximum atomic E-state index is 12.3. The SMILES string of the molecule is CC(NC(=O)c1ccc(COc2ccc(Cl)cc2)o1)c1ccncc1. The lowest BCUT2D eigenvalue weighted by atomic mass is 10.1. The largest absolute Gasteiger partial charge is 0.486 e. The van der Waals surface area contributed by atoms with E-state index in [1.54, 1.807) is 48.8 Å². The van der Waals surface area contributed by atoms with Crippen molar-refractivity contribution in [2.75, 3.05) is 0 Å². The highest BCUT2D eigenvalue weighted by molar-refractivity contribution is 6.30. The number of furan rings is 1. The van der Waals surface area contributed by atoms with E-state index in [4.69, 9.17) is 20.8 Å². The van der Waals surface area contributed by atoms with Gasteiger partial charge in [-0.15, -0.1) is 0 Å². The summed E-state index contributed by atoms with van der Waals surface area (Å²) in [5.41, 5.74) is 0.973. The zero-order valence-electron chi connectivity index (χ0n) is 13.6. The third-order valence-electron chi connectivity index (χ3n) is 3.63. The van der Waals surface area contributed by atoms with E-state index >= 15 is 0 Å². The Kier molecular flexibility index (Phi) is 5.36. The fraction of sp³-hybridized carbons (Fsp3) is 0.158. The van der Waals surface area contributed by atoms with Crippen LogP contribution >= 0.6 is 11.6 Å². The van der Waals surface area contributed by atoms with Gasteiger partial charge in [-0.2, -0.15) is 0 Å². The van der Waals surface area contributed by atoms with Gasteiger partial charge in [0.2, 0.25) is 0 Å². The Bertz CT molecular complexity index is 831. The zero-order valence-corrected chi connectivity index (χ0v) is 14.4. The number of ether oxygens (including phenoxy) is 1. The highest BCUT2D eigenvalue weighted by Gasteiger charge is 2.15. The molecule has 128 valence electrons. The van der Waals surface area contributed by atoms with Gasteiger partial charge in [0, 0.05) is 17.4 Å². The molecule has 0 aliphatic carbocycles. The molecule has 0 saturated heterocycles. The minimum Gasteiger partial charge on any atom is -0.486 e. The molecule has 3 aromatic rings. The average Bonchev–Trinajstić information content (AvgIpc) is 3.11. The van der Waals surface area contributed by atoms with Crippen molar-refractivity contribution in [2.45, 2.75) is 19.6 Å². The Morgan fingerprint density at radius 3 is 2.60 bits per heavy atom. The number of amides is 1. The van der Waals surface area contributed by atoms with Crippen molar-refractivity contribution in [1.82, 2.24) is 10.3 Å². The minimum absolute atomic E-state index is 0.144. The molecule has 0 radical (unpaired) electrons. The molecule has 3 rings (SSSR count). The number of nitrogens with one attached hydrogen (secondary N) is 1. The lowest BCUT2D eigenvalue weighted by Gasteiger charge is -2.12. The molecule has 2 heterocycles. The number of carbonyl (C=O) groups is 1. The van der Waals surface area contributed by atoms with Crippen LogP contribution in [0.2, 0.25) is 5.02 Å². The van der Waals surface area contributed by atoms with Gasteiger partial charge in [-0.05, 0) is 61.0 Å². The number of pyridine rings is 1. The Morgan fingerprint density at radius 2 is 1.88 bits per heavy atom. The molecule has 1 atom stereocenters. The van der Waals surface area contributed by atoms with Gasteiger partial charge in [0.1, 0.15) is 18.1 Å². The second kappa shape index (κ2) is 7.85. The summed E-state index contributed by atoms with van der Waals surface area (Å²) in [6.45, 7) is 2.13. The molecule has 0 saturated carbocycles. The van der Waals surface area contributed by atoms with E-state index in [1.807, 2.05) is 19.1 Å². The van der Waals surface area contributed by atoms with Crippen molar-refractivity contribution in [3.8, 4) is 5.75 Å². The van der Waals surface area contributed by atoms with Crippen LogP contribution in [0.15, 0.2) is 65.3 Å². The van der Waals surface area contributed by atoms with E-state index in [1.165, 1.54) is 0 Å². The number of nitrogens with zero attached hydrogens (tertiary/aromatic N) is 1. The van der Waals surface area contributed by atoms with Gasteiger partial charge in [-0.3, -0.25) is 9.78 Å². The molecule has 2 aromatic heterocycles. The van der Waals surface area contributed by atoms with Crippen molar-refractivity contribution in [3.63, 3.8) is 0 Å². The van der Waals surface area contributed by atoms with Crippen molar-refractivity contribution in [1.29, 1.82) is 0 Å². The summed E-state index contributed by atoms with van der Waals surface area (Å²) in [6, 6.07) is 14.0. The highest BCUT2D eigenvalue weighted by Crippen LogP contribution is 2.18. The van der Waals surface area contributed by atoms with Crippen LogP contribution in [0.5, 0.6) is 5.75 Å².